The summed E-state index contributed by atoms with van der Waals surface area (Å²) in [6, 6.07) is 3.44. The van der Waals surface area contributed by atoms with Crippen LogP contribution in [0.5, 0.6) is 0 Å². The highest BCUT2D eigenvalue weighted by Gasteiger charge is 2.38. The predicted octanol–water partition coefficient (Wildman–Crippen LogP) is 3.17. The number of carbonyl (C=O) groups excluding carboxylic acids is 1. The maximum Gasteiger partial charge on any atom is 0.471 e. The molecule has 1 amide bonds. The van der Waals surface area contributed by atoms with Gasteiger partial charge >= 0.3 is 12.1 Å². The van der Waals surface area contributed by atoms with Crippen LogP contribution >= 0.6 is 0 Å². The lowest BCUT2D eigenvalue weighted by Crippen LogP contribution is -2.30. The van der Waals surface area contributed by atoms with Crippen molar-refractivity contribution in [3.63, 3.8) is 0 Å². The minimum absolute atomic E-state index is 0.0325. The van der Waals surface area contributed by atoms with Gasteiger partial charge in [0.25, 0.3) is 0 Å². The number of halogens is 4. The number of benzene rings is 1. The molecule has 0 aliphatic heterocycles. The first-order chi connectivity index (χ1) is 8.62. The fourth-order valence-electron chi connectivity index (χ4n) is 1.35. The van der Waals surface area contributed by atoms with Crippen LogP contribution in [0.4, 0.5) is 28.9 Å². The van der Waals surface area contributed by atoms with Gasteiger partial charge in [-0.25, -0.2) is 4.39 Å². The molecule has 0 saturated heterocycles. The zero-order chi connectivity index (χ0) is 14.8. The van der Waals surface area contributed by atoms with Crippen LogP contribution in [0.2, 0.25) is 0 Å². The molecule has 1 rings (SSSR count). The van der Waals surface area contributed by atoms with Crippen molar-refractivity contribution in [2.75, 3.05) is 17.3 Å². The second kappa shape index (κ2) is 5.46. The van der Waals surface area contributed by atoms with Crippen molar-refractivity contribution in [3.05, 3.63) is 24.0 Å². The molecule has 0 atom stereocenters. The van der Waals surface area contributed by atoms with Crippen molar-refractivity contribution in [2.24, 2.45) is 0 Å². The number of carbonyl (C=O) groups is 1. The highest BCUT2D eigenvalue weighted by atomic mass is 19.4. The van der Waals surface area contributed by atoms with Gasteiger partial charge in [-0.05, 0) is 32.0 Å². The first kappa shape index (κ1) is 15.3. The van der Waals surface area contributed by atoms with Gasteiger partial charge in [0.15, 0.2) is 0 Å². The third-order valence-corrected chi connectivity index (χ3v) is 2.62. The lowest BCUT2D eigenvalue weighted by atomic mass is 10.2. The molecular weight excluding hydrogens is 264 g/mol. The Bertz CT molecular complexity index is 471. The molecule has 0 radical (unpaired) electrons. The van der Waals surface area contributed by atoms with Crippen LogP contribution in [0, 0.1) is 5.82 Å². The Kier molecular flexibility index (Phi) is 4.39. The van der Waals surface area contributed by atoms with Gasteiger partial charge in [-0.3, -0.25) is 4.79 Å². The molecule has 0 aromatic heterocycles. The summed E-state index contributed by atoms with van der Waals surface area (Å²) < 4.78 is 49.8. The van der Waals surface area contributed by atoms with Crippen LogP contribution in [-0.2, 0) is 4.79 Å². The molecule has 0 aliphatic rings. The van der Waals surface area contributed by atoms with Crippen LogP contribution in [0.3, 0.4) is 0 Å². The quantitative estimate of drug-likeness (QED) is 0.861. The number of hydrogen-bond acceptors (Lipinski definition) is 2. The smallest absolute Gasteiger partial charge is 0.370 e. The van der Waals surface area contributed by atoms with E-state index in [1.165, 1.54) is 12.1 Å². The number of hydrogen-bond donors (Lipinski definition) is 1. The molecule has 0 aliphatic carbocycles. The third-order valence-electron chi connectivity index (χ3n) is 2.62. The summed E-state index contributed by atoms with van der Waals surface area (Å²) in [5.41, 5.74) is 0.0146. The van der Waals surface area contributed by atoms with E-state index >= 15 is 0 Å². The number of nitrogens with one attached hydrogen (secondary N) is 1. The monoisotopic (exact) mass is 278 g/mol. The van der Waals surface area contributed by atoms with Crippen LogP contribution in [0.1, 0.15) is 13.8 Å². The molecule has 1 aromatic rings. The van der Waals surface area contributed by atoms with E-state index in [2.05, 4.69) is 0 Å². The summed E-state index contributed by atoms with van der Waals surface area (Å²) in [6.07, 6.45) is -5.00. The number of alkyl halides is 3. The number of amides is 1. The van der Waals surface area contributed by atoms with E-state index < -0.39 is 17.9 Å². The Balaban J connectivity index is 2.92. The molecule has 106 valence electrons. The van der Waals surface area contributed by atoms with Gasteiger partial charge < -0.3 is 10.2 Å². The van der Waals surface area contributed by atoms with Crippen LogP contribution < -0.4 is 10.2 Å². The van der Waals surface area contributed by atoms with Crippen LogP contribution in [-0.4, -0.2) is 25.2 Å². The van der Waals surface area contributed by atoms with Crippen molar-refractivity contribution < 1.29 is 22.4 Å². The summed E-state index contributed by atoms with van der Waals surface area (Å²) >= 11 is 0. The van der Waals surface area contributed by atoms with Crippen molar-refractivity contribution >= 4 is 17.3 Å². The zero-order valence-corrected chi connectivity index (χ0v) is 10.7. The van der Waals surface area contributed by atoms with Gasteiger partial charge in [-0.1, -0.05) is 0 Å². The highest BCUT2D eigenvalue weighted by Crippen LogP contribution is 2.25. The molecule has 1 N–H and O–H groups in total. The normalized spacial score (nSPS) is 11.6. The van der Waals surface area contributed by atoms with E-state index in [1.807, 2.05) is 13.8 Å². The standard InChI is InChI=1S/C12H14F4N2O/c1-7(2)18(3)10-5-4-8(6-9(10)13)17-11(19)12(14,15)16/h4-7H,1-3H3,(H,17,19). The fraction of sp³-hybridized carbons (Fsp3) is 0.417. The molecular formula is C12H14F4N2O. The zero-order valence-electron chi connectivity index (χ0n) is 10.7. The first-order valence-corrected chi connectivity index (χ1v) is 5.53. The maximum absolute atomic E-state index is 13.7. The highest BCUT2D eigenvalue weighted by molar-refractivity contribution is 5.95. The van der Waals surface area contributed by atoms with Crippen LogP contribution in [0.25, 0.3) is 0 Å². The van der Waals surface area contributed by atoms with E-state index in [0.717, 1.165) is 6.07 Å². The fourth-order valence-corrected chi connectivity index (χ4v) is 1.35. The van der Waals surface area contributed by atoms with Gasteiger partial charge in [0, 0.05) is 18.8 Å². The Hall–Kier alpha value is -1.79. The summed E-state index contributed by atoms with van der Waals surface area (Å²) in [5.74, 6) is -2.83. The SMILES string of the molecule is CC(C)N(C)c1ccc(NC(=O)C(F)(F)F)cc1F. The summed E-state index contributed by atoms with van der Waals surface area (Å²) in [4.78, 5) is 12.3. The molecule has 0 bridgehead atoms. The molecule has 0 fully saturated rings. The van der Waals surface area contributed by atoms with E-state index in [9.17, 15) is 22.4 Å². The molecule has 19 heavy (non-hydrogen) atoms. The van der Waals surface area contributed by atoms with Crippen molar-refractivity contribution in [3.8, 4) is 0 Å². The Labute approximate surface area is 108 Å². The Morgan fingerprint density at radius 1 is 1.32 bits per heavy atom. The van der Waals surface area contributed by atoms with Gasteiger partial charge in [0.1, 0.15) is 5.82 Å². The lowest BCUT2D eigenvalue weighted by molar-refractivity contribution is -0.167. The summed E-state index contributed by atoms with van der Waals surface area (Å²) in [7, 11) is 1.66. The second-order valence-corrected chi connectivity index (χ2v) is 4.32. The van der Waals surface area contributed by atoms with Crippen molar-refractivity contribution in [2.45, 2.75) is 26.1 Å². The van der Waals surface area contributed by atoms with Crippen LogP contribution in [0.15, 0.2) is 18.2 Å². The Morgan fingerprint density at radius 2 is 1.89 bits per heavy atom. The van der Waals surface area contributed by atoms with E-state index in [4.69, 9.17) is 0 Å². The second-order valence-electron chi connectivity index (χ2n) is 4.32. The molecule has 0 spiro atoms. The van der Waals surface area contributed by atoms with Gasteiger partial charge in [-0.15, -0.1) is 0 Å². The molecule has 7 heteroatoms. The molecule has 3 nitrogen and oxygen atoms in total. The number of anilines is 2. The first-order valence-electron chi connectivity index (χ1n) is 5.53. The van der Waals surface area contributed by atoms with Gasteiger partial charge in [-0.2, -0.15) is 13.2 Å². The summed E-state index contributed by atoms with van der Waals surface area (Å²) in [5, 5.41) is 1.60. The number of rotatable bonds is 3. The average molecular weight is 278 g/mol. The average Bonchev–Trinajstić information content (AvgIpc) is 2.26. The van der Waals surface area contributed by atoms with E-state index in [0.29, 0.717) is 0 Å². The molecule has 0 unspecified atom stereocenters. The topological polar surface area (TPSA) is 32.3 Å². The van der Waals surface area contributed by atoms with E-state index in [-0.39, 0.29) is 17.4 Å². The maximum atomic E-state index is 13.7. The van der Waals surface area contributed by atoms with Gasteiger partial charge in [0.2, 0.25) is 0 Å². The van der Waals surface area contributed by atoms with Crippen molar-refractivity contribution in [1.29, 1.82) is 0 Å². The molecule has 0 heterocycles. The molecule has 0 saturated carbocycles. The van der Waals surface area contributed by atoms with Crippen molar-refractivity contribution in [1.82, 2.24) is 0 Å². The summed E-state index contributed by atoms with van der Waals surface area (Å²) in [6.45, 7) is 3.69. The molecule has 1 aromatic carbocycles. The predicted molar refractivity (Wildman–Crippen MR) is 64.6 cm³/mol. The lowest BCUT2D eigenvalue weighted by Gasteiger charge is -2.24. The number of nitrogens with zero attached hydrogens (tertiary/aromatic N) is 1. The Morgan fingerprint density at radius 3 is 2.32 bits per heavy atom. The minimum Gasteiger partial charge on any atom is -0.370 e. The minimum atomic E-state index is -5.00. The van der Waals surface area contributed by atoms with Gasteiger partial charge in [0.05, 0.1) is 5.69 Å². The largest absolute Gasteiger partial charge is 0.471 e. The van der Waals surface area contributed by atoms with E-state index in [1.54, 1.807) is 17.3 Å². The third kappa shape index (κ3) is 3.84.